The summed E-state index contributed by atoms with van der Waals surface area (Å²) in [5.74, 6) is -5.53. The Morgan fingerprint density at radius 1 is 0.958 bits per heavy atom. The summed E-state index contributed by atoms with van der Waals surface area (Å²) in [6.07, 6.45) is 3.68. The van der Waals surface area contributed by atoms with Gasteiger partial charge in [0, 0.05) is 6.42 Å². The molecule has 0 heterocycles. The van der Waals surface area contributed by atoms with Crippen molar-refractivity contribution in [1.29, 1.82) is 0 Å². The lowest BCUT2D eigenvalue weighted by Gasteiger charge is -2.08. The van der Waals surface area contributed by atoms with Crippen LogP contribution in [0.25, 0.3) is 0 Å². The number of nitrogens with one attached hydrogen (secondary N) is 2. The van der Waals surface area contributed by atoms with E-state index in [9.17, 15) is 22.8 Å². The van der Waals surface area contributed by atoms with Gasteiger partial charge in [-0.2, -0.15) is 0 Å². The van der Waals surface area contributed by atoms with E-state index in [1.165, 1.54) is 0 Å². The van der Waals surface area contributed by atoms with E-state index in [0.29, 0.717) is 19.0 Å². The van der Waals surface area contributed by atoms with Crippen molar-refractivity contribution >= 4 is 29.9 Å². The molecule has 0 saturated carbocycles. The number of unbranched alkanes of at least 4 members (excludes halogenated alkanes) is 3. The second kappa shape index (κ2) is 11.7. The van der Waals surface area contributed by atoms with Crippen molar-refractivity contribution in [1.82, 2.24) is 5.32 Å². The summed E-state index contributed by atoms with van der Waals surface area (Å²) in [5.41, 5.74) is 4.87. The highest BCUT2D eigenvalue weighted by molar-refractivity contribution is 5.94. The number of hydrogen-bond donors (Lipinski definition) is 3. The number of benzene rings is 1. The van der Waals surface area contributed by atoms with Crippen LogP contribution < -0.4 is 16.4 Å². The van der Waals surface area contributed by atoms with Crippen molar-refractivity contribution in [2.45, 2.75) is 32.1 Å². The minimum absolute atomic E-state index is 0. The maximum Gasteiger partial charge on any atom is 0.243 e. The van der Waals surface area contributed by atoms with Crippen LogP contribution in [-0.2, 0) is 9.59 Å². The lowest BCUT2D eigenvalue weighted by Crippen LogP contribution is -2.32. The number of halogens is 4. The molecule has 0 saturated heterocycles. The number of nitrogens with two attached hydrogens (primary N) is 1. The Labute approximate surface area is 144 Å². The van der Waals surface area contributed by atoms with E-state index >= 15 is 0 Å². The SMILES string of the molecule is Cl.NCCCCCCC(=O)NCC(=O)Nc1ccc(F)c(F)c1F. The molecule has 0 aliphatic rings. The van der Waals surface area contributed by atoms with E-state index < -0.39 is 29.0 Å². The first-order valence-corrected chi connectivity index (χ1v) is 7.35. The smallest absolute Gasteiger partial charge is 0.243 e. The molecule has 4 N–H and O–H groups in total. The molecule has 0 aromatic heterocycles. The number of amides is 2. The largest absolute Gasteiger partial charge is 0.347 e. The summed E-state index contributed by atoms with van der Waals surface area (Å²) >= 11 is 0. The maximum atomic E-state index is 13.4. The molecule has 1 aromatic rings. The quantitative estimate of drug-likeness (QED) is 0.463. The molecule has 0 radical (unpaired) electrons. The van der Waals surface area contributed by atoms with E-state index in [-0.39, 0.29) is 31.3 Å². The Kier molecular flexibility index (Phi) is 10.8. The van der Waals surface area contributed by atoms with Crippen molar-refractivity contribution < 1.29 is 22.8 Å². The third kappa shape index (κ3) is 7.65. The molecule has 9 heteroatoms. The van der Waals surface area contributed by atoms with Crippen molar-refractivity contribution in [3.63, 3.8) is 0 Å². The van der Waals surface area contributed by atoms with E-state index in [4.69, 9.17) is 5.73 Å². The number of anilines is 1. The first kappa shape index (κ1) is 22.2. The fraction of sp³-hybridized carbons (Fsp3) is 0.467. The molecule has 0 fully saturated rings. The molecule has 5 nitrogen and oxygen atoms in total. The molecule has 0 aliphatic heterocycles. The number of carbonyl (C=O) groups is 2. The Bertz CT molecular complexity index is 559. The van der Waals surface area contributed by atoms with Crippen LogP contribution in [0.3, 0.4) is 0 Å². The summed E-state index contributed by atoms with van der Waals surface area (Å²) in [6, 6.07) is 1.61. The highest BCUT2D eigenvalue weighted by atomic mass is 35.5. The predicted molar refractivity (Wildman–Crippen MR) is 87.3 cm³/mol. The molecule has 2 amide bonds. The van der Waals surface area contributed by atoms with Gasteiger partial charge in [-0.3, -0.25) is 9.59 Å². The highest BCUT2D eigenvalue weighted by Gasteiger charge is 2.15. The topological polar surface area (TPSA) is 84.2 Å². The molecular weight excluding hydrogens is 347 g/mol. The Morgan fingerprint density at radius 3 is 2.29 bits per heavy atom. The standard InChI is InChI=1S/C15H20F3N3O2.ClH/c16-10-6-7-11(15(18)14(10)17)21-13(23)9-20-12(22)5-3-1-2-4-8-19;/h6-7H,1-5,8-9,19H2,(H,20,22)(H,21,23);1H. The average Bonchev–Trinajstić information content (AvgIpc) is 2.53. The Balaban J connectivity index is 0.00000529. The van der Waals surface area contributed by atoms with Gasteiger partial charge in [0.05, 0.1) is 12.2 Å². The van der Waals surface area contributed by atoms with Crippen LogP contribution >= 0.6 is 12.4 Å². The van der Waals surface area contributed by atoms with Gasteiger partial charge in [-0.25, -0.2) is 13.2 Å². The lowest BCUT2D eigenvalue weighted by molar-refractivity contribution is -0.124. The second-order valence-electron chi connectivity index (χ2n) is 5.00. The minimum Gasteiger partial charge on any atom is -0.347 e. The Hall–Kier alpha value is -1.80. The third-order valence-corrected chi connectivity index (χ3v) is 3.11. The number of carbonyl (C=O) groups excluding carboxylic acids is 2. The first-order chi connectivity index (χ1) is 11.0. The van der Waals surface area contributed by atoms with E-state index in [1.807, 2.05) is 0 Å². The van der Waals surface area contributed by atoms with E-state index in [1.54, 1.807) is 0 Å². The maximum absolute atomic E-state index is 13.4. The molecule has 1 rings (SSSR count). The Morgan fingerprint density at radius 2 is 1.62 bits per heavy atom. The van der Waals surface area contributed by atoms with Crippen LogP contribution in [0.5, 0.6) is 0 Å². The summed E-state index contributed by atoms with van der Waals surface area (Å²) in [4.78, 5) is 23.1. The predicted octanol–water partition coefficient (Wildman–Crippen LogP) is 2.49. The zero-order chi connectivity index (χ0) is 17.2. The molecule has 24 heavy (non-hydrogen) atoms. The fourth-order valence-corrected chi connectivity index (χ4v) is 1.87. The van der Waals surface area contributed by atoms with Crippen LogP contribution in [0.15, 0.2) is 12.1 Å². The van der Waals surface area contributed by atoms with Gasteiger partial charge < -0.3 is 16.4 Å². The van der Waals surface area contributed by atoms with Gasteiger partial charge >= 0.3 is 0 Å². The molecule has 0 bridgehead atoms. The lowest BCUT2D eigenvalue weighted by atomic mass is 10.1. The molecule has 0 atom stereocenters. The van der Waals surface area contributed by atoms with Gasteiger partial charge in [-0.05, 0) is 31.5 Å². The van der Waals surface area contributed by atoms with Crippen molar-refractivity contribution in [2.75, 3.05) is 18.4 Å². The fourth-order valence-electron chi connectivity index (χ4n) is 1.87. The summed E-state index contributed by atoms with van der Waals surface area (Å²) in [5, 5.41) is 4.44. The second-order valence-corrected chi connectivity index (χ2v) is 5.00. The zero-order valence-electron chi connectivity index (χ0n) is 13.0. The van der Waals surface area contributed by atoms with Gasteiger partial charge in [-0.15, -0.1) is 12.4 Å². The summed E-state index contributed by atoms with van der Waals surface area (Å²) < 4.78 is 39.1. The normalized spacial score (nSPS) is 10.0. The molecule has 0 aliphatic carbocycles. The van der Waals surface area contributed by atoms with Gasteiger partial charge in [0.1, 0.15) is 0 Å². The number of hydrogen-bond acceptors (Lipinski definition) is 3. The number of rotatable bonds is 9. The van der Waals surface area contributed by atoms with Crippen LogP contribution in [0.4, 0.5) is 18.9 Å². The molecular formula is C15H21ClF3N3O2. The van der Waals surface area contributed by atoms with Crippen LogP contribution in [0.2, 0.25) is 0 Å². The van der Waals surface area contributed by atoms with Gasteiger partial charge in [0.2, 0.25) is 11.8 Å². The average molecular weight is 368 g/mol. The molecule has 0 spiro atoms. The van der Waals surface area contributed by atoms with Gasteiger partial charge in [0.25, 0.3) is 0 Å². The van der Waals surface area contributed by atoms with Crippen LogP contribution in [0.1, 0.15) is 32.1 Å². The molecule has 136 valence electrons. The van der Waals surface area contributed by atoms with Crippen molar-refractivity contribution in [3.8, 4) is 0 Å². The first-order valence-electron chi connectivity index (χ1n) is 7.35. The van der Waals surface area contributed by atoms with Crippen LogP contribution in [-0.4, -0.2) is 24.9 Å². The van der Waals surface area contributed by atoms with Crippen molar-refractivity contribution in [2.24, 2.45) is 5.73 Å². The summed E-state index contributed by atoms with van der Waals surface area (Å²) in [7, 11) is 0. The minimum atomic E-state index is -1.66. The third-order valence-electron chi connectivity index (χ3n) is 3.11. The highest BCUT2D eigenvalue weighted by Crippen LogP contribution is 2.19. The molecule has 0 unspecified atom stereocenters. The van der Waals surface area contributed by atoms with E-state index in [0.717, 1.165) is 25.3 Å². The van der Waals surface area contributed by atoms with Gasteiger partial charge in [-0.1, -0.05) is 12.8 Å². The molecule has 1 aromatic carbocycles. The summed E-state index contributed by atoms with van der Waals surface area (Å²) in [6.45, 7) is 0.243. The van der Waals surface area contributed by atoms with Gasteiger partial charge in [0.15, 0.2) is 17.5 Å². The monoisotopic (exact) mass is 367 g/mol. The van der Waals surface area contributed by atoms with Crippen molar-refractivity contribution in [3.05, 3.63) is 29.6 Å². The zero-order valence-corrected chi connectivity index (χ0v) is 13.9. The van der Waals surface area contributed by atoms with Crippen LogP contribution in [0, 0.1) is 17.5 Å². The van der Waals surface area contributed by atoms with E-state index in [2.05, 4.69) is 10.6 Å².